The second-order valence-corrected chi connectivity index (χ2v) is 4.66. The molecule has 3 rings (SSSR count). The monoisotopic (exact) mass is 239 g/mol. The first-order valence-electron chi connectivity index (χ1n) is 6.27. The third-order valence-electron chi connectivity index (χ3n) is 3.54. The van der Waals surface area contributed by atoms with Crippen LogP contribution in [0.5, 0.6) is 0 Å². The molecule has 0 fully saturated rings. The van der Waals surface area contributed by atoms with Crippen LogP contribution in [-0.4, -0.2) is 23.1 Å². The summed E-state index contributed by atoms with van der Waals surface area (Å²) in [5.41, 5.74) is 3.90. The maximum Gasteiger partial charge on any atom is 0.0519 e. The zero-order chi connectivity index (χ0) is 12.5. The van der Waals surface area contributed by atoms with Crippen molar-refractivity contribution in [1.29, 1.82) is 0 Å². The average molecular weight is 239 g/mol. The molecule has 0 aliphatic carbocycles. The summed E-state index contributed by atoms with van der Waals surface area (Å²) in [5, 5.41) is 5.71. The molecule has 0 atom stereocenters. The van der Waals surface area contributed by atoms with E-state index in [2.05, 4.69) is 46.2 Å². The number of likely N-dealkylation sites (N-methyl/N-ethyl adjacent to an activating group) is 1. The average Bonchev–Trinajstić information content (AvgIpc) is 2.71. The Morgan fingerprint density at radius 3 is 2.89 bits per heavy atom. The standard InChI is InChI=1S/C15H17N3/c1-16-7-5-11-3-4-12-13-10-17-8-6-14(13)18(2)15(12)9-11/h3-4,6,8-10,16H,5,7H2,1-2H3. The summed E-state index contributed by atoms with van der Waals surface area (Å²) in [6.07, 6.45) is 4.86. The van der Waals surface area contributed by atoms with Crippen molar-refractivity contribution in [3.8, 4) is 0 Å². The Balaban J connectivity index is 2.22. The van der Waals surface area contributed by atoms with Gasteiger partial charge in [0.15, 0.2) is 0 Å². The van der Waals surface area contributed by atoms with E-state index in [1.54, 1.807) is 0 Å². The van der Waals surface area contributed by atoms with Gasteiger partial charge < -0.3 is 9.88 Å². The number of nitrogens with one attached hydrogen (secondary N) is 1. The van der Waals surface area contributed by atoms with Crippen molar-refractivity contribution in [2.75, 3.05) is 13.6 Å². The quantitative estimate of drug-likeness (QED) is 0.761. The van der Waals surface area contributed by atoms with Gasteiger partial charge in [-0.05, 0) is 37.7 Å². The van der Waals surface area contributed by atoms with Gasteiger partial charge in [-0.2, -0.15) is 0 Å². The third-order valence-corrected chi connectivity index (χ3v) is 3.54. The summed E-state index contributed by atoms with van der Waals surface area (Å²) in [6.45, 7) is 1.01. The van der Waals surface area contributed by atoms with Crippen LogP contribution in [0.4, 0.5) is 0 Å². The summed E-state index contributed by atoms with van der Waals surface area (Å²) in [6, 6.07) is 8.78. The molecule has 0 spiro atoms. The van der Waals surface area contributed by atoms with Crippen molar-refractivity contribution >= 4 is 21.8 Å². The van der Waals surface area contributed by atoms with Gasteiger partial charge in [0.05, 0.1) is 5.52 Å². The highest BCUT2D eigenvalue weighted by Gasteiger charge is 2.08. The molecule has 0 aliphatic heterocycles. The maximum atomic E-state index is 4.23. The normalized spacial score (nSPS) is 11.4. The summed E-state index contributed by atoms with van der Waals surface area (Å²) < 4.78 is 2.25. The second kappa shape index (κ2) is 4.42. The van der Waals surface area contributed by atoms with Crippen molar-refractivity contribution in [2.45, 2.75) is 6.42 Å². The van der Waals surface area contributed by atoms with E-state index in [9.17, 15) is 0 Å². The highest BCUT2D eigenvalue weighted by Crippen LogP contribution is 2.27. The van der Waals surface area contributed by atoms with E-state index < -0.39 is 0 Å². The SMILES string of the molecule is CNCCc1ccc2c3cnccc3n(C)c2c1. The lowest BCUT2D eigenvalue weighted by atomic mass is 10.1. The lowest BCUT2D eigenvalue weighted by Crippen LogP contribution is -2.10. The lowest BCUT2D eigenvalue weighted by Gasteiger charge is -2.02. The number of rotatable bonds is 3. The number of aryl methyl sites for hydroxylation is 1. The van der Waals surface area contributed by atoms with Gasteiger partial charge in [0, 0.05) is 35.7 Å². The molecule has 0 saturated heterocycles. The van der Waals surface area contributed by atoms with E-state index in [-0.39, 0.29) is 0 Å². The van der Waals surface area contributed by atoms with E-state index in [0.29, 0.717) is 0 Å². The number of pyridine rings is 1. The Kier molecular flexibility index (Phi) is 2.76. The van der Waals surface area contributed by atoms with E-state index in [1.807, 2.05) is 19.4 Å². The first-order valence-corrected chi connectivity index (χ1v) is 6.27. The molecule has 18 heavy (non-hydrogen) atoms. The summed E-state index contributed by atoms with van der Waals surface area (Å²) in [4.78, 5) is 4.23. The maximum absolute atomic E-state index is 4.23. The van der Waals surface area contributed by atoms with Crippen LogP contribution in [0.25, 0.3) is 21.8 Å². The van der Waals surface area contributed by atoms with Crippen LogP contribution in [0.2, 0.25) is 0 Å². The molecule has 3 heteroatoms. The highest BCUT2D eigenvalue weighted by atomic mass is 14.9. The number of fused-ring (bicyclic) bond motifs is 3. The molecule has 0 amide bonds. The topological polar surface area (TPSA) is 29.9 Å². The molecule has 0 unspecified atom stereocenters. The number of hydrogen-bond donors (Lipinski definition) is 1. The summed E-state index contributed by atoms with van der Waals surface area (Å²) >= 11 is 0. The van der Waals surface area contributed by atoms with Crippen LogP contribution in [0.15, 0.2) is 36.7 Å². The van der Waals surface area contributed by atoms with E-state index >= 15 is 0 Å². The van der Waals surface area contributed by atoms with Gasteiger partial charge in [-0.15, -0.1) is 0 Å². The minimum atomic E-state index is 1.01. The number of hydrogen-bond acceptors (Lipinski definition) is 2. The highest BCUT2D eigenvalue weighted by molar-refractivity contribution is 6.07. The van der Waals surface area contributed by atoms with Crippen LogP contribution in [-0.2, 0) is 13.5 Å². The Hall–Kier alpha value is -1.87. The molecule has 0 bridgehead atoms. The predicted octanol–water partition coefficient (Wildman–Crippen LogP) is 2.49. The molecule has 0 saturated carbocycles. The predicted molar refractivity (Wildman–Crippen MR) is 75.9 cm³/mol. The van der Waals surface area contributed by atoms with E-state index in [0.717, 1.165) is 13.0 Å². The van der Waals surface area contributed by atoms with Gasteiger partial charge in [0.2, 0.25) is 0 Å². The molecule has 3 aromatic rings. The minimum Gasteiger partial charge on any atom is -0.344 e. The van der Waals surface area contributed by atoms with Gasteiger partial charge in [0.1, 0.15) is 0 Å². The molecule has 3 nitrogen and oxygen atoms in total. The molecule has 2 heterocycles. The zero-order valence-corrected chi connectivity index (χ0v) is 10.8. The van der Waals surface area contributed by atoms with Crippen LogP contribution < -0.4 is 5.32 Å². The first kappa shape index (κ1) is 11.2. The van der Waals surface area contributed by atoms with Crippen molar-refractivity contribution < 1.29 is 0 Å². The minimum absolute atomic E-state index is 1.01. The van der Waals surface area contributed by atoms with E-state index in [1.165, 1.54) is 27.4 Å². The van der Waals surface area contributed by atoms with Gasteiger partial charge in [-0.1, -0.05) is 12.1 Å². The van der Waals surface area contributed by atoms with Crippen molar-refractivity contribution in [2.24, 2.45) is 7.05 Å². The van der Waals surface area contributed by atoms with Gasteiger partial charge in [-0.3, -0.25) is 4.98 Å². The molecule has 2 aromatic heterocycles. The fraction of sp³-hybridized carbons (Fsp3) is 0.267. The van der Waals surface area contributed by atoms with Crippen LogP contribution in [0, 0.1) is 0 Å². The van der Waals surface area contributed by atoms with Gasteiger partial charge >= 0.3 is 0 Å². The molecule has 0 radical (unpaired) electrons. The molecular formula is C15H17N3. The lowest BCUT2D eigenvalue weighted by molar-refractivity contribution is 0.792. The van der Waals surface area contributed by atoms with Gasteiger partial charge in [0.25, 0.3) is 0 Å². The second-order valence-electron chi connectivity index (χ2n) is 4.66. The fourth-order valence-electron chi connectivity index (χ4n) is 2.52. The Labute approximate surface area is 106 Å². The summed E-state index contributed by atoms with van der Waals surface area (Å²) in [7, 11) is 4.10. The summed E-state index contributed by atoms with van der Waals surface area (Å²) in [5.74, 6) is 0. The number of benzene rings is 1. The van der Waals surface area contributed by atoms with E-state index in [4.69, 9.17) is 0 Å². The zero-order valence-electron chi connectivity index (χ0n) is 10.8. The Morgan fingerprint density at radius 2 is 2.06 bits per heavy atom. The first-order chi connectivity index (χ1) is 8.81. The molecular weight excluding hydrogens is 222 g/mol. The Morgan fingerprint density at radius 1 is 1.17 bits per heavy atom. The third kappa shape index (κ3) is 1.68. The van der Waals surface area contributed by atoms with Crippen molar-refractivity contribution in [3.63, 3.8) is 0 Å². The van der Waals surface area contributed by atoms with Crippen LogP contribution in [0.1, 0.15) is 5.56 Å². The van der Waals surface area contributed by atoms with Crippen LogP contribution in [0.3, 0.4) is 0 Å². The molecule has 0 aliphatic rings. The smallest absolute Gasteiger partial charge is 0.0519 e. The fourth-order valence-corrected chi connectivity index (χ4v) is 2.52. The molecule has 1 aromatic carbocycles. The van der Waals surface area contributed by atoms with Crippen molar-refractivity contribution in [1.82, 2.24) is 14.9 Å². The molecule has 1 N–H and O–H groups in total. The van der Waals surface area contributed by atoms with Gasteiger partial charge in [-0.25, -0.2) is 0 Å². The molecule has 92 valence electrons. The number of aromatic nitrogens is 2. The van der Waals surface area contributed by atoms with Crippen LogP contribution >= 0.6 is 0 Å². The largest absolute Gasteiger partial charge is 0.344 e. The Bertz CT molecular complexity index is 697. The van der Waals surface area contributed by atoms with Crippen molar-refractivity contribution in [3.05, 3.63) is 42.2 Å². The number of nitrogens with zero attached hydrogens (tertiary/aromatic N) is 2.